The largest absolute Gasteiger partial charge is 0.368 e. The average Bonchev–Trinajstić information content (AvgIpc) is 3.46. The molecule has 2 atom stereocenters. The van der Waals surface area contributed by atoms with Crippen molar-refractivity contribution >= 4 is 11.8 Å². The highest BCUT2D eigenvalue weighted by Gasteiger charge is 2.38. The van der Waals surface area contributed by atoms with E-state index in [1.54, 1.807) is 4.90 Å². The maximum atomic E-state index is 13.0. The zero-order valence-corrected chi connectivity index (χ0v) is 16.7. The molecule has 3 fully saturated rings. The molecule has 0 bridgehead atoms. The van der Waals surface area contributed by atoms with E-state index in [4.69, 9.17) is 9.72 Å². The number of carbonyl (C=O) groups is 2. The van der Waals surface area contributed by atoms with Crippen molar-refractivity contribution in [2.24, 2.45) is 5.92 Å². The first-order chi connectivity index (χ1) is 14.1. The zero-order valence-electron chi connectivity index (χ0n) is 16.7. The minimum atomic E-state index is -0.359. The van der Waals surface area contributed by atoms with Crippen LogP contribution < -0.4 is 5.56 Å². The molecule has 4 heterocycles. The Bertz CT molecular complexity index is 872. The molecule has 2 unspecified atom stereocenters. The van der Waals surface area contributed by atoms with Gasteiger partial charge in [-0.3, -0.25) is 14.4 Å². The van der Waals surface area contributed by atoms with E-state index in [1.165, 1.54) is 0 Å². The second kappa shape index (κ2) is 7.55. The van der Waals surface area contributed by atoms with Crippen LogP contribution in [0.15, 0.2) is 4.79 Å². The van der Waals surface area contributed by atoms with Crippen molar-refractivity contribution in [3.8, 4) is 0 Å². The van der Waals surface area contributed by atoms with Gasteiger partial charge in [-0.15, -0.1) is 0 Å². The van der Waals surface area contributed by atoms with Gasteiger partial charge in [0.1, 0.15) is 11.9 Å². The highest BCUT2D eigenvalue weighted by Crippen LogP contribution is 2.33. The quantitative estimate of drug-likeness (QED) is 0.825. The van der Waals surface area contributed by atoms with Gasteiger partial charge in [0, 0.05) is 32.0 Å². The molecule has 2 amide bonds. The lowest BCUT2D eigenvalue weighted by Gasteiger charge is -2.37. The summed E-state index contributed by atoms with van der Waals surface area (Å²) in [6.07, 6.45) is 6.61. The normalized spacial score (nSPS) is 27.0. The number of likely N-dealkylation sites (tertiary alicyclic amines) is 1. The number of ether oxygens (including phenoxy) is 1. The van der Waals surface area contributed by atoms with Gasteiger partial charge in [-0.25, -0.2) is 4.98 Å². The summed E-state index contributed by atoms with van der Waals surface area (Å²) in [4.78, 5) is 49.6. The first-order valence-corrected chi connectivity index (χ1v) is 10.9. The topological polar surface area (TPSA) is 95.6 Å². The Hall–Kier alpha value is -2.22. The van der Waals surface area contributed by atoms with Crippen molar-refractivity contribution in [3.05, 3.63) is 27.4 Å². The van der Waals surface area contributed by atoms with Crippen LogP contribution in [0, 0.1) is 5.92 Å². The van der Waals surface area contributed by atoms with Gasteiger partial charge in [0.25, 0.3) is 11.5 Å². The van der Waals surface area contributed by atoms with Gasteiger partial charge in [0.15, 0.2) is 0 Å². The number of hydrogen-bond donors (Lipinski definition) is 1. The third-order valence-corrected chi connectivity index (χ3v) is 6.63. The fourth-order valence-electron chi connectivity index (χ4n) is 4.82. The first-order valence-electron chi connectivity index (χ1n) is 10.9. The lowest BCUT2D eigenvalue weighted by atomic mass is 9.99. The molecule has 0 spiro atoms. The molecular formula is C21H28N4O4. The van der Waals surface area contributed by atoms with Gasteiger partial charge >= 0.3 is 0 Å². The third kappa shape index (κ3) is 3.58. The van der Waals surface area contributed by atoms with E-state index in [0.29, 0.717) is 44.0 Å². The molecule has 8 nitrogen and oxygen atoms in total. The van der Waals surface area contributed by atoms with E-state index in [9.17, 15) is 14.4 Å². The van der Waals surface area contributed by atoms with Gasteiger partial charge in [-0.05, 0) is 44.9 Å². The molecule has 1 N–H and O–H groups in total. The summed E-state index contributed by atoms with van der Waals surface area (Å²) in [5, 5.41) is 0. The molecule has 4 aliphatic rings. The summed E-state index contributed by atoms with van der Waals surface area (Å²) in [5.74, 6) is 0.928. The Labute approximate surface area is 169 Å². The molecule has 1 aliphatic carbocycles. The molecule has 1 aromatic rings. The molecule has 3 aliphatic heterocycles. The number of hydrogen-bond acceptors (Lipinski definition) is 5. The molecular weight excluding hydrogens is 372 g/mol. The van der Waals surface area contributed by atoms with Crippen molar-refractivity contribution in [2.45, 2.75) is 70.1 Å². The monoisotopic (exact) mass is 400 g/mol. The average molecular weight is 400 g/mol. The van der Waals surface area contributed by atoms with Crippen molar-refractivity contribution < 1.29 is 14.3 Å². The van der Waals surface area contributed by atoms with Crippen molar-refractivity contribution in [3.63, 3.8) is 0 Å². The molecule has 1 aromatic heterocycles. The third-order valence-electron chi connectivity index (χ3n) is 6.63. The van der Waals surface area contributed by atoms with Crippen molar-refractivity contribution in [2.75, 3.05) is 19.7 Å². The standard InChI is InChI=1S/C21H28N4O4/c26-19-14-12-24(20(27)13-6-7-13)10-8-15(14)22-18(23-19)16-4-1-2-9-25(16)21(28)17-5-3-11-29-17/h13,16-17H,1-12H2,(H,22,23,26). The van der Waals surface area contributed by atoms with Crippen LogP contribution in [0.25, 0.3) is 0 Å². The number of H-pyrrole nitrogens is 1. The smallest absolute Gasteiger partial charge is 0.256 e. The zero-order chi connectivity index (χ0) is 20.0. The summed E-state index contributed by atoms with van der Waals surface area (Å²) in [6, 6.07) is -0.204. The molecule has 1 saturated carbocycles. The Morgan fingerprint density at radius 3 is 2.66 bits per heavy atom. The summed E-state index contributed by atoms with van der Waals surface area (Å²) in [7, 11) is 0. The van der Waals surface area contributed by atoms with Crippen molar-refractivity contribution in [1.82, 2.24) is 19.8 Å². The molecule has 0 aromatic carbocycles. The summed E-state index contributed by atoms with van der Waals surface area (Å²) in [6.45, 7) is 2.27. The number of carbonyl (C=O) groups excluding carboxylic acids is 2. The van der Waals surface area contributed by atoms with Gasteiger partial charge in [-0.2, -0.15) is 0 Å². The first kappa shape index (κ1) is 18.8. The molecule has 156 valence electrons. The fourth-order valence-corrected chi connectivity index (χ4v) is 4.82. The maximum absolute atomic E-state index is 13.0. The van der Waals surface area contributed by atoms with Crippen LogP contribution in [-0.2, 0) is 27.3 Å². The van der Waals surface area contributed by atoms with E-state index in [2.05, 4.69) is 4.98 Å². The Balaban J connectivity index is 1.39. The number of rotatable bonds is 3. The maximum Gasteiger partial charge on any atom is 0.256 e. The lowest BCUT2D eigenvalue weighted by Crippen LogP contribution is -2.45. The van der Waals surface area contributed by atoms with Gasteiger partial charge < -0.3 is 19.5 Å². The van der Waals surface area contributed by atoms with Crippen LogP contribution in [0.5, 0.6) is 0 Å². The summed E-state index contributed by atoms with van der Waals surface area (Å²) >= 11 is 0. The Kier molecular flexibility index (Phi) is 4.89. The molecule has 0 radical (unpaired) electrons. The SMILES string of the molecule is O=C(C1CC1)N1CCc2nc(C3CCCCN3C(=O)C3CCCO3)[nH]c(=O)c2C1. The van der Waals surface area contributed by atoms with E-state index in [0.717, 1.165) is 50.6 Å². The van der Waals surface area contributed by atoms with Gasteiger partial charge in [0.2, 0.25) is 5.91 Å². The molecule has 8 heteroatoms. The van der Waals surface area contributed by atoms with Crippen LogP contribution in [0.2, 0.25) is 0 Å². The van der Waals surface area contributed by atoms with E-state index < -0.39 is 0 Å². The number of aromatic nitrogens is 2. The lowest BCUT2D eigenvalue weighted by molar-refractivity contribution is -0.145. The number of aromatic amines is 1. The summed E-state index contributed by atoms with van der Waals surface area (Å²) in [5.41, 5.74) is 1.20. The number of nitrogens with zero attached hydrogens (tertiary/aromatic N) is 3. The van der Waals surface area contributed by atoms with E-state index in [1.807, 2.05) is 4.90 Å². The van der Waals surface area contributed by atoms with Gasteiger partial charge in [0.05, 0.1) is 23.8 Å². The number of amides is 2. The number of piperidine rings is 1. The Morgan fingerprint density at radius 1 is 1.03 bits per heavy atom. The second-order valence-electron chi connectivity index (χ2n) is 8.71. The second-order valence-corrected chi connectivity index (χ2v) is 8.71. The minimum Gasteiger partial charge on any atom is -0.368 e. The number of nitrogens with one attached hydrogen (secondary N) is 1. The van der Waals surface area contributed by atoms with E-state index >= 15 is 0 Å². The van der Waals surface area contributed by atoms with Gasteiger partial charge in [-0.1, -0.05) is 0 Å². The Morgan fingerprint density at radius 2 is 1.90 bits per heavy atom. The van der Waals surface area contributed by atoms with Crippen molar-refractivity contribution in [1.29, 1.82) is 0 Å². The van der Waals surface area contributed by atoms with Crippen LogP contribution in [-0.4, -0.2) is 57.4 Å². The molecule has 5 rings (SSSR count). The molecule has 2 saturated heterocycles. The predicted octanol–water partition coefficient (Wildman–Crippen LogP) is 1.30. The predicted molar refractivity (Wildman–Crippen MR) is 104 cm³/mol. The van der Waals surface area contributed by atoms with Crippen LogP contribution in [0.3, 0.4) is 0 Å². The van der Waals surface area contributed by atoms with E-state index in [-0.39, 0.29) is 35.4 Å². The van der Waals surface area contributed by atoms with Crippen LogP contribution in [0.4, 0.5) is 0 Å². The summed E-state index contributed by atoms with van der Waals surface area (Å²) < 4.78 is 5.60. The molecule has 29 heavy (non-hydrogen) atoms. The highest BCUT2D eigenvalue weighted by molar-refractivity contribution is 5.82. The fraction of sp³-hybridized carbons (Fsp3) is 0.714. The highest BCUT2D eigenvalue weighted by atomic mass is 16.5. The minimum absolute atomic E-state index is 0.0220. The number of fused-ring (bicyclic) bond motifs is 1. The van der Waals surface area contributed by atoms with Crippen LogP contribution >= 0.6 is 0 Å². The van der Waals surface area contributed by atoms with Crippen LogP contribution in [0.1, 0.15) is 68.1 Å².